The van der Waals surface area contributed by atoms with Crippen LogP contribution in [0.5, 0.6) is 0 Å². The van der Waals surface area contributed by atoms with Gasteiger partial charge in [0.1, 0.15) is 18.7 Å². The van der Waals surface area contributed by atoms with Crippen LogP contribution in [0.4, 0.5) is 11.4 Å². The van der Waals surface area contributed by atoms with E-state index >= 15 is 0 Å². The molecule has 8 nitrogen and oxygen atoms in total. The van der Waals surface area contributed by atoms with Crippen LogP contribution in [0.2, 0.25) is 0 Å². The van der Waals surface area contributed by atoms with E-state index in [9.17, 15) is 9.59 Å². The molecule has 0 spiro atoms. The molecule has 0 saturated heterocycles. The molecule has 0 radical (unpaired) electrons. The minimum Gasteiger partial charge on any atom is -0.358 e. The summed E-state index contributed by atoms with van der Waals surface area (Å²) in [6, 6.07) is 12.5. The summed E-state index contributed by atoms with van der Waals surface area (Å²) in [4.78, 5) is 32.9. The Hall–Kier alpha value is -3.94. The average molecular weight is 443 g/mol. The van der Waals surface area contributed by atoms with Crippen molar-refractivity contribution in [3.63, 3.8) is 0 Å². The summed E-state index contributed by atoms with van der Waals surface area (Å²) in [5.74, 6) is 0.296. The molecule has 0 saturated carbocycles. The molecule has 3 N–H and O–H groups in total. The van der Waals surface area contributed by atoms with Crippen molar-refractivity contribution in [2.75, 3.05) is 10.6 Å². The Labute approximate surface area is 191 Å². The van der Waals surface area contributed by atoms with E-state index in [1.807, 2.05) is 12.1 Å². The first-order valence-corrected chi connectivity index (χ1v) is 11.2. The van der Waals surface area contributed by atoms with Crippen molar-refractivity contribution in [1.29, 1.82) is 0 Å². The summed E-state index contributed by atoms with van der Waals surface area (Å²) in [5.41, 5.74) is 5.43. The lowest BCUT2D eigenvalue weighted by molar-refractivity contribution is -0.119. The number of nitrogens with one attached hydrogen (secondary N) is 3. The van der Waals surface area contributed by atoms with Crippen LogP contribution in [-0.2, 0) is 17.6 Å². The zero-order valence-corrected chi connectivity index (χ0v) is 18.6. The van der Waals surface area contributed by atoms with Gasteiger partial charge in [0, 0.05) is 22.5 Å². The van der Waals surface area contributed by atoms with Crippen LogP contribution in [0.25, 0.3) is 10.9 Å². The van der Waals surface area contributed by atoms with Gasteiger partial charge in [-0.2, -0.15) is 5.10 Å². The van der Waals surface area contributed by atoms with Crippen molar-refractivity contribution < 1.29 is 9.59 Å². The molecule has 2 aromatic heterocycles. The van der Waals surface area contributed by atoms with E-state index in [0.717, 1.165) is 23.7 Å². The summed E-state index contributed by atoms with van der Waals surface area (Å²) in [7, 11) is 0. The molecule has 33 heavy (non-hydrogen) atoms. The number of carbonyl (C=O) groups is 2. The standard InChI is InChI=1S/C25H26N6O2/c1-15-6-11-22-21(12-15)19-4-3-5-20(23(19)30-22)25(33)29-18-9-7-17(8-10-18)28-24(32)16(2)31-14-26-13-27-31/h3-5,7-10,13-16,30H,6,11-12H2,1-2H3,(H,28,32)(H,29,33). The van der Waals surface area contributed by atoms with Gasteiger partial charge in [0.05, 0.1) is 11.1 Å². The quantitative estimate of drug-likeness (QED) is 0.428. The van der Waals surface area contributed by atoms with Gasteiger partial charge in [0.15, 0.2) is 0 Å². The van der Waals surface area contributed by atoms with Gasteiger partial charge >= 0.3 is 0 Å². The maximum atomic E-state index is 13.1. The number of rotatable bonds is 5. The maximum absolute atomic E-state index is 13.1. The fourth-order valence-electron chi connectivity index (χ4n) is 4.42. The van der Waals surface area contributed by atoms with Gasteiger partial charge in [-0.15, -0.1) is 0 Å². The van der Waals surface area contributed by atoms with Crippen molar-refractivity contribution in [3.05, 3.63) is 71.9 Å². The van der Waals surface area contributed by atoms with Crippen molar-refractivity contribution in [3.8, 4) is 0 Å². The van der Waals surface area contributed by atoms with Crippen molar-refractivity contribution in [2.45, 2.75) is 39.2 Å². The molecule has 0 bridgehead atoms. The molecule has 0 aliphatic heterocycles. The van der Waals surface area contributed by atoms with E-state index in [4.69, 9.17) is 0 Å². The third kappa shape index (κ3) is 4.11. The van der Waals surface area contributed by atoms with Gasteiger partial charge in [0.25, 0.3) is 5.91 Å². The minimum absolute atomic E-state index is 0.163. The molecule has 2 aromatic carbocycles. The van der Waals surface area contributed by atoms with E-state index in [-0.39, 0.29) is 11.8 Å². The predicted octanol–water partition coefficient (Wildman–Crippen LogP) is 4.34. The summed E-state index contributed by atoms with van der Waals surface area (Å²) >= 11 is 0. The number of hydrogen-bond donors (Lipinski definition) is 3. The lowest BCUT2D eigenvalue weighted by Crippen LogP contribution is -2.24. The molecular weight excluding hydrogens is 416 g/mol. The van der Waals surface area contributed by atoms with Crippen LogP contribution in [0.15, 0.2) is 55.1 Å². The van der Waals surface area contributed by atoms with E-state index < -0.39 is 6.04 Å². The fourth-order valence-corrected chi connectivity index (χ4v) is 4.42. The van der Waals surface area contributed by atoms with Crippen LogP contribution in [0.3, 0.4) is 0 Å². The molecule has 4 aromatic rings. The number of aryl methyl sites for hydroxylation is 1. The molecule has 2 heterocycles. The predicted molar refractivity (Wildman–Crippen MR) is 127 cm³/mol. The third-order valence-corrected chi connectivity index (χ3v) is 6.34. The highest BCUT2D eigenvalue weighted by Crippen LogP contribution is 2.33. The molecule has 0 fully saturated rings. The molecule has 2 unspecified atom stereocenters. The average Bonchev–Trinajstić information content (AvgIpc) is 3.48. The van der Waals surface area contributed by atoms with Gasteiger partial charge in [-0.1, -0.05) is 19.1 Å². The van der Waals surface area contributed by atoms with Crippen LogP contribution in [0.1, 0.15) is 47.9 Å². The Balaban J connectivity index is 1.29. The second kappa shape index (κ2) is 8.54. The smallest absolute Gasteiger partial charge is 0.257 e. The molecule has 1 aliphatic rings. The summed E-state index contributed by atoms with van der Waals surface area (Å²) in [6.07, 6.45) is 6.13. The Bertz CT molecular complexity index is 1310. The minimum atomic E-state index is -0.484. The van der Waals surface area contributed by atoms with Crippen LogP contribution in [0, 0.1) is 5.92 Å². The number of H-pyrrole nitrogens is 1. The Morgan fingerprint density at radius 3 is 2.61 bits per heavy atom. The molecule has 168 valence electrons. The number of hydrogen-bond acceptors (Lipinski definition) is 4. The first-order chi connectivity index (χ1) is 16.0. The Kier molecular flexibility index (Phi) is 5.42. The number of benzene rings is 2. The SMILES string of the molecule is CC1CCc2[nH]c3c(C(=O)Nc4ccc(NC(=O)C(C)n5cncn5)cc4)cccc3c2C1. The van der Waals surface area contributed by atoms with E-state index in [1.54, 1.807) is 31.2 Å². The first-order valence-electron chi connectivity index (χ1n) is 11.2. The summed E-state index contributed by atoms with van der Waals surface area (Å²) < 4.78 is 1.49. The maximum Gasteiger partial charge on any atom is 0.257 e. The fraction of sp³-hybridized carbons (Fsp3) is 0.280. The zero-order valence-electron chi connectivity index (χ0n) is 18.6. The van der Waals surface area contributed by atoms with Crippen molar-refractivity contribution in [2.24, 2.45) is 5.92 Å². The normalized spacial score (nSPS) is 16.2. The van der Waals surface area contributed by atoms with Crippen molar-refractivity contribution >= 4 is 34.1 Å². The second-order valence-corrected chi connectivity index (χ2v) is 8.73. The lowest BCUT2D eigenvalue weighted by Gasteiger charge is -2.17. The largest absolute Gasteiger partial charge is 0.358 e. The highest BCUT2D eigenvalue weighted by Gasteiger charge is 2.22. The number of nitrogens with zero attached hydrogens (tertiary/aromatic N) is 3. The molecule has 8 heteroatoms. The van der Waals surface area contributed by atoms with E-state index in [2.05, 4.69) is 38.7 Å². The van der Waals surface area contributed by atoms with Crippen LogP contribution < -0.4 is 10.6 Å². The number of amides is 2. The molecular formula is C25H26N6O2. The topological polar surface area (TPSA) is 105 Å². The van der Waals surface area contributed by atoms with E-state index in [0.29, 0.717) is 22.9 Å². The first kappa shape index (κ1) is 20.9. The summed E-state index contributed by atoms with van der Waals surface area (Å²) in [5, 5.41) is 11.0. The number of aromatic nitrogens is 4. The highest BCUT2D eigenvalue weighted by atomic mass is 16.2. The monoisotopic (exact) mass is 442 g/mol. The third-order valence-electron chi connectivity index (χ3n) is 6.34. The number of anilines is 2. The van der Waals surface area contributed by atoms with Gasteiger partial charge in [-0.05, 0) is 68.0 Å². The molecule has 2 amide bonds. The lowest BCUT2D eigenvalue weighted by atomic mass is 9.87. The van der Waals surface area contributed by atoms with Gasteiger partial charge < -0.3 is 15.6 Å². The van der Waals surface area contributed by atoms with Crippen LogP contribution in [-0.4, -0.2) is 31.6 Å². The number of fused-ring (bicyclic) bond motifs is 3. The van der Waals surface area contributed by atoms with Crippen molar-refractivity contribution in [1.82, 2.24) is 19.7 Å². The molecule has 2 atom stereocenters. The van der Waals surface area contributed by atoms with Gasteiger partial charge in [-0.3, -0.25) is 9.59 Å². The van der Waals surface area contributed by atoms with Gasteiger partial charge in [0.2, 0.25) is 5.91 Å². The number of aromatic amines is 1. The highest BCUT2D eigenvalue weighted by molar-refractivity contribution is 6.12. The van der Waals surface area contributed by atoms with Crippen LogP contribution >= 0.6 is 0 Å². The Morgan fingerprint density at radius 2 is 1.88 bits per heavy atom. The molecule has 5 rings (SSSR count). The summed E-state index contributed by atoms with van der Waals surface area (Å²) in [6.45, 7) is 4.03. The van der Waals surface area contributed by atoms with Gasteiger partial charge in [-0.25, -0.2) is 9.67 Å². The number of para-hydroxylation sites is 1. The molecule has 1 aliphatic carbocycles. The van der Waals surface area contributed by atoms with E-state index in [1.165, 1.54) is 35.0 Å². The number of carbonyl (C=O) groups excluding carboxylic acids is 2. The Morgan fingerprint density at radius 1 is 1.12 bits per heavy atom. The zero-order chi connectivity index (χ0) is 22.9. The second-order valence-electron chi connectivity index (χ2n) is 8.73.